The van der Waals surface area contributed by atoms with E-state index >= 15 is 0 Å². The molecule has 3 unspecified atom stereocenters. The standard InChI is InChI=1S/C20H23N/c1-14-7-9-15(10-8-14)19-13-20-18(11-12-21(20)2)16-5-3-4-6-17(16)19/h3-10,18-20H,11-13H2,1-2H3. The van der Waals surface area contributed by atoms with Gasteiger partial charge in [-0.05, 0) is 50.0 Å². The van der Waals surface area contributed by atoms with E-state index in [9.17, 15) is 0 Å². The van der Waals surface area contributed by atoms with Crippen molar-refractivity contribution in [2.45, 2.75) is 37.6 Å². The van der Waals surface area contributed by atoms with E-state index in [1.807, 2.05) is 0 Å². The summed E-state index contributed by atoms with van der Waals surface area (Å²) in [5.74, 6) is 1.30. The molecule has 1 saturated heterocycles. The van der Waals surface area contributed by atoms with Gasteiger partial charge in [-0.15, -0.1) is 0 Å². The predicted octanol–water partition coefficient (Wildman–Crippen LogP) is 4.32. The van der Waals surface area contributed by atoms with Crippen LogP contribution in [0.5, 0.6) is 0 Å². The van der Waals surface area contributed by atoms with E-state index in [0.29, 0.717) is 12.0 Å². The molecule has 108 valence electrons. The van der Waals surface area contributed by atoms with Crippen molar-refractivity contribution >= 4 is 0 Å². The summed E-state index contributed by atoms with van der Waals surface area (Å²) in [7, 11) is 2.30. The first kappa shape index (κ1) is 13.1. The lowest BCUT2D eigenvalue weighted by atomic mass is 9.71. The zero-order valence-corrected chi connectivity index (χ0v) is 12.9. The number of fused-ring (bicyclic) bond motifs is 3. The third-order valence-electron chi connectivity index (χ3n) is 5.55. The Morgan fingerprint density at radius 1 is 0.952 bits per heavy atom. The van der Waals surface area contributed by atoms with Crippen LogP contribution >= 0.6 is 0 Å². The first-order chi connectivity index (χ1) is 10.2. The van der Waals surface area contributed by atoms with E-state index in [0.717, 1.165) is 5.92 Å². The molecule has 1 nitrogen and oxygen atoms in total. The quantitative estimate of drug-likeness (QED) is 0.750. The summed E-state index contributed by atoms with van der Waals surface area (Å²) in [6.45, 7) is 3.41. The second kappa shape index (κ2) is 4.99. The molecule has 1 aliphatic heterocycles. The second-order valence-electron chi connectivity index (χ2n) is 6.77. The molecule has 2 aromatic rings. The molecule has 1 heterocycles. The molecule has 1 aliphatic carbocycles. The van der Waals surface area contributed by atoms with Crippen LogP contribution in [0, 0.1) is 6.92 Å². The summed E-state index contributed by atoms with van der Waals surface area (Å²) in [5, 5.41) is 0. The Morgan fingerprint density at radius 3 is 2.43 bits per heavy atom. The van der Waals surface area contributed by atoms with E-state index in [1.165, 1.54) is 30.5 Å². The third-order valence-corrected chi connectivity index (χ3v) is 5.55. The minimum absolute atomic E-state index is 0.559. The fourth-order valence-electron chi connectivity index (χ4n) is 4.36. The van der Waals surface area contributed by atoms with E-state index in [2.05, 4.69) is 67.4 Å². The highest BCUT2D eigenvalue weighted by Crippen LogP contribution is 2.47. The summed E-state index contributed by atoms with van der Waals surface area (Å²) in [4.78, 5) is 2.57. The van der Waals surface area contributed by atoms with Gasteiger partial charge in [0.05, 0.1) is 0 Å². The largest absolute Gasteiger partial charge is 0.303 e. The third kappa shape index (κ3) is 2.11. The maximum Gasteiger partial charge on any atom is 0.0170 e. The van der Waals surface area contributed by atoms with Crippen molar-refractivity contribution in [3.05, 3.63) is 70.8 Å². The molecule has 0 N–H and O–H groups in total. The van der Waals surface area contributed by atoms with Gasteiger partial charge < -0.3 is 4.90 Å². The molecule has 0 amide bonds. The summed E-state index contributed by atoms with van der Waals surface area (Å²) >= 11 is 0. The van der Waals surface area contributed by atoms with Gasteiger partial charge in [0.15, 0.2) is 0 Å². The van der Waals surface area contributed by atoms with Crippen molar-refractivity contribution in [1.29, 1.82) is 0 Å². The lowest BCUT2D eigenvalue weighted by Gasteiger charge is -2.37. The molecule has 2 aromatic carbocycles. The van der Waals surface area contributed by atoms with Crippen molar-refractivity contribution in [1.82, 2.24) is 4.90 Å². The normalized spacial score (nSPS) is 28.2. The molecule has 0 saturated carbocycles. The Hall–Kier alpha value is -1.60. The van der Waals surface area contributed by atoms with Crippen LogP contribution < -0.4 is 0 Å². The molecule has 1 heteroatoms. The maximum absolute atomic E-state index is 2.57. The Labute approximate surface area is 127 Å². The number of likely N-dealkylation sites (tertiary alicyclic amines) is 1. The molecule has 1 fully saturated rings. The van der Waals surface area contributed by atoms with Crippen LogP contribution in [0.1, 0.15) is 46.9 Å². The van der Waals surface area contributed by atoms with Crippen LogP contribution in [0.4, 0.5) is 0 Å². The maximum atomic E-state index is 2.57. The van der Waals surface area contributed by atoms with Crippen LogP contribution in [0.15, 0.2) is 48.5 Å². The Bertz CT molecular complexity index is 643. The number of nitrogens with zero attached hydrogens (tertiary/aromatic N) is 1. The molecule has 0 bridgehead atoms. The molecule has 2 aliphatic rings. The number of aryl methyl sites for hydroxylation is 1. The average molecular weight is 277 g/mol. The zero-order chi connectivity index (χ0) is 14.4. The summed E-state index contributed by atoms with van der Waals surface area (Å²) < 4.78 is 0. The van der Waals surface area contributed by atoms with Gasteiger partial charge in [0.25, 0.3) is 0 Å². The summed E-state index contributed by atoms with van der Waals surface area (Å²) in [5.41, 5.74) is 5.99. The van der Waals surface area contributed by atoms with Gasteiger partial charge in [0, 0.05) is 17.9 Å². The Morgan fingerprint density at radius 2 is 1.67 bits per heavy atom. The van der Waals surface area contributed by atoms with Crippen LogP contribution in [0.2, 0.25) is 0 Å². The minimum Gasteiger partial charge on any atom is -0.303 e. The molecule has 0 radical (unpaired) electrons. The van der Waals surface area contributed by atoms with Gasteiger partial charge in [-0.25, -0.2) is 0 Å². The van der Waals surface area contributed by atoms with Gasteiger partial charge in [0.1, 0.15) is 0 Å². The summed E-state index contributed by atoms with van der Waals surface area (Å²) in [6.07, 6.45) is 2.58. The molecular formula is C20H23N. The van der Waals surface area contributed by atoms with Crippen molar-refractivity contribution in [3.63, 3.8) is 0 Å². The van der Waals surface area contributed by atoms with Crippen molar-refractivity contribution in [3.8, 4) is 0 Å². The van der Waals surface area contributed by atoms with Gasteiger partial charge in [-0.1, -0.05) is 54.1 Å². The smallest absolute Gasteiger partial charge is 0.0170 e. The van der Waals surface area contributed by atoms with Crippen molar-refractivity contribution in [2.75, 3.05) is 13.6 Å². The van der Waals surface area contributed by atoms with Gasteiger partial charge in [0.2, 0.25) is 0 Å². The molecular weight excluding hydrogens is 254 g/mol. The first-order valence-corrected chi connectivity index (χ1v) is 8.09. The molecule has 0 aromatic heterocycles. The zero-order valence-electron chi connectivity index (χ0n) is 12.9. The van der Waals surface area contributed by atoms with E-state index in [-0.39, 0.29) is 0 Å². The molecule has 3 atom stereocenters. The topological polar surface area (TPSA) is 3.24 Å². The van der Waals surface area contributed by atoms with Crippen LogP contribution in [-0.2, 0) is 0 Å². The Kier molecular flexibility index (Phi) is 3.11. The number of benzene rings is 2. The fraction of sp³-hybridized carbons (Fsp3) is 0.400. The summed E-state index contributed by atoms with van der Waals surface area (Å²) in [6, 6.07) is 19.0. The second-order valence-corrected chi connectivity index (χ2v) is 6.77. The van der Waals surface area contributed by atoms with Gasteiger partial charge >= 0.3 is 0 Å². The highest BCUT2D eigenvalue weighted by atomic mass is 15.2. The van der Waals surface area contributed by atoms with Gasteiger partial charge in [-0.3, -0.25) is 0 Å². The highest BCUT2D eigenvalue weighted by molar-refractivity contribution is 5.44. The van der Waals surface area contributed by atoms with E-state index in [4.69, 9.17) is 0 Å². The average Bonchev–Trinajstić information content (AvgIpc) is 2.89. The monoisotopic (exact) mass is 277 g/mol. The van der Waals surface area contributed by atoms with Crippen LogP contribution in [0.3, 0.4) is 0 Å². The Balaban J connectivity index is 1.81. The SMILES string of the molecule is Cc1ccc(C2CC3C(CCN3C)c3ccccc32)cc1. The van der Waals surface area contributed by atoms with Crippen LogP contribution in [0.25, 0.3) is 0 Å². The molecule has 0 spiro atoms. The minimum atomic E-state index is 0.559. The lowest BCUT2D eigenvalue weighted by Crippen LogP contribution is -2.34. The highest BCUT2D eigenvalue weighted by Gasteiger charge is 2.40. The first-order valence-electron chi connectivity index (χ1n) is 8.09. The number of hydrogen-bond donors (Lipinski definition) is 0. The number of hydrogen-bond acceptors (Lipinski definition) is 1. The van der Waals surface area contributed by atoms with E-state index < -0.39 is 0 Å². The van der Waals surface area contributed by atoms with Crippen LogP contribution in [-0.4, -0.2) is 24.5 Å². The number of likely N-dealkylation sites (N-methyl/N-ethyl adjacent to an activating group) is 1. The fourth-order valence-corrected chi connectivity index (χ4v) is 4.36. The van der Waals surface area contributed by atoms with Gasteiger partial charge in [-0.2, -0.15) is 0 Å². The lowest BCUT2D eigenvalue weighted by molar-refractivity contribution is 0.265. The van der Waals surface area contributed by atoms with Crippen molar-refractivity contribution in [2.24, 2.45) is 0 Å². The molecule has 21 heavy (non-hydrogen) atoms. The number of rotatable bonds is 1. The predicted molar refractivity (Wildman–Crippen MR) is 87.9 cm³/mol. The molecule has 4 rings (SSSR count). The van der Waals surface area contributed by atoms with E-state index in [1.54, 1.807) is 11.1 Å². The van der Waals surface area contributed by atoms with Crippen molar-refractivity contribution < 1.29 is 0 Å².